The number of allylic oxidation sites excluding steroid dienone is 1. The number of benzene rings is 1. The highest BCUT2D eigenvalue weighted by Gasteiger charge is 2.21. The normalized spacial score (nSPS) is 15.0. The molecule has 0 saturated carbocycles. The SMILES string of the molecule is N=c1ccccn1CC(O)Cn1c2c(c3cc(Br)ccc31)C=C(Br)CC2. The van der Waals surface area contributed by atoms with Crippen LogP contribution < -0.4 is 5.49 Å². The fraction of sp³-hybridized carbons (Fsp3) is 0.250. The minimum atomic E-state index is -0.566. The maximum atomic E-state index is 10.7. The Hall–Kier alpha value is -1.63. The summed E-state index contributed by atoms with van der Waals surface area (Å²) < 4.78 is 6.28. The number of nitrogens with zero attached hydrogens (tertiary/aromatic N) is 2. The lowest BCUT2D eigenvalue weighted by molar-refractivity contribution is 0.133. The van der Waals surface area contributed by atoms with E-state index >= 15 is 0 Å². The van der Waals surface area contributed by atoms with E-state index in [1.54, 1.807) is 10.6 Å². The molecule has 4 nitrogen and oxygen atoms in total. The lowest BCUT2D eigenvalue weighted by atomic mass is 10.0. The third-order valence-corrected chi connectivity index (χ3v) is 5.94. The van der Waals surface area contributed by atoms with Gasteiger partial charge in [-0.25, -0.2) is 0 Å². The molecular weight excluding hydrogens is 458 g/mol. The number of aromatic nitrogens is 2. The standard InChI is InChI=1S/C20H19Br2N3O/c21-13-4-6-18-16(9-13)17-10-14(22)5-7-19(17)25(18)12-15(26)11-24-8-2-1-3-20(24)23/h1-4,6,8-10,15,23,26H,5,7,11-12H2. The smallest absolute Gasteiger partial charge is 0.124 e. The second-order valence-corrected chi connectivity index (χ2v) is 8.55. The molecule has 2 heterocycles. The molecule has 2 aromatic heterocycles. The molecule has 134 valence electrons. The van der Waals surface area contributed by atoms with Gasteiger partial charge in [0.25, 0.3) is 0 Å². The lowest BCUT2D eigenvalue weighted by Crippen LogP contribution is -2.29. The van der Waals surface area contributed by atoms with Gasteiger partial charge < -0.3 is 14.2 Å². The van der Waals surface area contributed by atoms with E-state index in [1.807, 2.05) is 24.4 Å². The molecule has 0 aliphatic heterocycles. The van der Waals surface area contributed by atoms with Crippen molar-refractivity contribution in [1.82, 2.24) is 9.13 Å². The molecule has 0 amide bonds. The predicted octanol–water partition coefficient (Wildman–Crippen LogP) is 4.43. The van der Waals surface area contributed by atoms with Crippen LogP contribution in [-0.2, 0) is 19.5 Å². The van der Waals surface area contributed by atoms with Crippen molar-refractivity contribution in [1.29, 1.82) is 5.41 Å². The number of nitrogens with one attached hydrogen (secondary N) is 1. The molecule has 1 aromatic carbocycles. The molecule has 0 fully saturated rings. The van der Waals surface area contributed by atoms with Crippen molar-refractivity contribution >= 4 is 48.8 Å². The van der Waals surface area contributed by atoms with Gasteiger partial charge in [-0.15, -0.1) is 0 Å². The van der Waals surface area contributed by atoms with Crippen molar-refractivity contribution in [2.45, 2.75) is 32.0 Å². The minimum Gasteiger partial charge on any atom is -0.389 e. The van der Waals surface area contributed by atoms with E-state index in [0.29, 0.717) is 18.6 Å². The molecule has 4 rings (SSSR count). The Morgan fingerprint density at radius 1 is 1.12 bits per heavy atom. The molecule has 26 heavy (non-hydrogen) atoms. The van der Waals surface area contributed by atoms with Crippen LogP contribution in [-0.4, -0.2) is 20.3 Å². The van der Waals surface area contributed by atoms with E-state index in [0.717, 1.165) is 22.8 Å². The molecule has 1 aliphatic carbocycles. The van der Waals surface area contributed by atoms with E-state index in [9.17, 15) is 5.11 Å². The van der Waals surface area contributed by atoms with Gasteiger partial charge in [0, 0.05) is 32.8 Å². The Morgan fingerprint density at radius 2 is 1.96 bits per heavy atom. The summed E-state index contributed by atoms with van der Waals surface area (Å²) in [5.41, 5.74) is 4.05. The molecule has 0 radical (unpaired) electrons. The maximum Gasteiger partial charge on any atom is 0.124 e. The monoisotopic (exact) mass is 475 g/mol. The van der Waals surface area contributed by atoms with Gasteiger partial charge >= 0.3 is 0 Å². The number of hydrogen-bond acceptors (Lipinski definition) is 2. The topological polar surface area (TPSA) is 53.9 Å². The Balaban J connectivity index is 1.73. The van der Waals surface area contributed by atoms with Gasteiger partial charge in [0.2, 0.25) is 0 Å². The zero-order valence-electron chi connectivity index (χ0n) is 14.1. The van der Waals surface area contributed by atoms with Crippen molar-refractivity contribution in [2.24, 2.45) is 0 Å². The molecule has 0 bridgehead atoms. The minimum absolute atomic E-state index is 0.404. The van der Waals surface area contributed by atoms with Gasteiger partial charge in [0.15, 0.2) is 0 Å². The van der Waals surface area contributed by atoms with Crippen LogP contribution in [0.1, 0.15) is 17.7 Å². The van der Waals surface area contributed by atoms with Crippen LogP contribution in [0.4, 0.5) is 0 Å². The predicted molar refractivity (Wildman–Crippen MR) is 111 cm³/mol. The fourth-order valence-electron chi connectivity index (χ4n) is 3.64. The molecule has 1 aliphatic rings. The summed E-state index contributed by atoms with van der Waals surface area (Å²) in [5, 5.41) is 19.9. The summed E-state index contributed by atoms with van der Waals surface area (Å²) in [7, 11) is 0. The largest absolute Gasteiger partial charge is 0.389 e. The molecular formula is C20H19Br2N3O. The van der Waals surface area contributed by atoms with Crippen LogP contribution in [0.25, 0.3) is 17.0 Å². The first-order chi connectivity index (χ1) is 12.5. The van der Waals surface area contributed by atoms with Crippen molar-refractivity contribution in [3.8, 4) is 0 Å². The van der Waals surface area contributed by atoms with E-state index < -0.39 is 6.10 Å². The highest BCUT2D eigenvalue weighted by Crippen LogP contribution is 2.36. The van der Waals surface area contributed by atoms with Crippen LogP contribution in [0, 0.1) is 5.41 Å². The Kier molecular flexibility index (Phi) is 4.90. The molecule has 2 N–H and O–H groups in total. The first-order valence-electron chi connectivity index (χ1n) is 8.58. The van der Waals surface area contributed by atoms with Crippen molar-refractivity contribution in [3.05, 3.63) is 68.3 Å². The van der Waals surface area contributed by atoms with Gasteiger partial charge in [-0.3, -0.25) is 5.41 Å². The number of aliphatic hydroxyl groups excluding tert-OH is 1. The summed E-state index contributed by atoms with van der Waals surface area (Å²) in [6, 6.07) is 11.8. The molecule has 0 saturated heterocycles. The third kappa shape index (κ3) is 3.33. The highest BCUT2D eigenvalue weighted by atomic mass is 79.9. The van der Waals surface area contributed by atoms with Crippen molar-refractivity contribution in [3.63, 3.8) is 0 Å². The average Bonchev–Trinajstić information content (AvgIpc) is 2.89. The summed E-state index contributed by atoms with van der Waals surface area (Å²) in [6.07, 6.45) is 5.40. The van der Waals surface area contributed by atoms with E-state index in [2.05, 4.69) is 54.6 Å². The van der Waals surface area contributed by atoms with Gasteiger partial charge in [-0.2, -0.15) is 0 Å². The fourth-order valence-corrected chi connectivity index (χ4v) is 4.43. The van der Waals surface area contributed by atoms with Crippen molar-refractivity contribution < 1.29 is 5.11 Å². The number of halogens is 2. The molecule has 1 atom stereocenters. The van der Waals surface area contributed by atoms with Crippen LogP contribution in [0.2, 0.25) is 0 Å². The quantitative estimate of drug-likeness (QED) is 0.575. The van der Waals surface area contributed by atoms with E-state index in [4.69, 9.17) is 5.41 Å². The van der Waals surface area contributed by atoms with E-state index in [-0.39, 0.29) is 0 Å². The van der Waals surface area contributed by atoms with Gasteiger partial charge in [-0.1, -0.05) is 37.9 Å². The molecule has 3 aromatic rings. The van der Waals surface area contributed by atoms with Crippen LogP contribution in [0.3, 0.4) is 0 Å². The molecule has 6 heteroatoms. The molecule has 0 spiro atoms. The first-order valence-corrected chi connectivity index (χ1v) is 10.2. The zero-order valence-corrected chi connectivity index (χ0v) is 17.3. The summed E-state index contributed by atoms with van der Waals surface area (Å²) in [5.74, 6) is 0. The Labute approximate surface area is 168 Å². The van der Waals surface area contributed by atoms with Crippen LogP contribution in [0.15, 0.2) is 51.6 Å². The van der Waals surface area contributed by atoms with Crippen LogP contribution in [0.5, 0.6) is 0 Å². The number of pyridine rings is 1. The third-order valence-electron chi connectivity index (χ3n) is 4.82. The maximum absolute atomic E-state index is 10.7. The Bertz CT molecular complexity index is 1060. The number of rotatable bonds is 4. The number of aliphatic hydroxyl groups is 1. The lowest BCUT2D eigenvalue weighted by Gasteiger charge is -2.19. The second kappa shape index (κ2) is 7.18. The highest BCUT2D eigenvalue weighted by molar-refractivity contribution is 9.11. The summed E-state index contributed by atoms with van der Waals surface area (Å²) in [4.78, 5) is 0. The Morgan fingerprint density at radius 3 is 2.77 bits per heavy atom. The summed E-state index contributed by atoms with van der Waals surface area (Å²) >= 11 is 7.21. The van der Waals surface area contributed by atoms with E-state index in [1.165, 1.54) is 21.1 Å². The van der Waals surface area contributed by atoms with Gasteiger partial charge in [0.1, 0.15) is 5.49 Å². The average molecular weight is 477 g/mol. The van der Waals surface area contributed by atoms with Crippen LogP contribution >= 0.6 is 31.9 Å². The molecule has 1 unspecified atom stereocenters. The van der Waals surface area contributed by atoms with Gasteiger partial charge in [0.05, 0.1) is 19.2 Å². The second-order valence-electron chi connectivity index (χ2n) is 6.62. The number of hydrogen-bond donors (Lipinski definition) is 2. The first kappa shape index (κ1) is 17.8. The zero-order chi connectivity index (χ0) is 18.3. The van der Waals surface area contributed by atoms with Gasteiger partial charge in [-0.05, 0) is 53.7 Å². The van der Waals surface area contributed by atoms with Crippen molar-refractivity contribution in [2.75, 3.05) is 0 Å². The number of fused-ring (bicyclic) bond motifs is 3. The summed E-state index contributed by atoms with van der Waals surface area (Å²) in [6.45, 7) is 0.921.